The highest BCUT2D eigenvalue weighted by atomic mass is 16.2. The summed E-state index contributed by atoms with van der Waals surface area (Å²) in [5.74, 6) is -1.23. The molecule has 0 bridgehead atoms. The number of nitrogens with zero attached hydrogens (tertiary/aromatic N) is 2. The smallest absolute Gasteiger partial charge is 0.262 e. The number of benzene rings is 3. The quantitative estimate of drug-likeness (QED) is 0.294. The predicted octanol–water partition coefficient (Wildman–Crippen LogP) is 4.60. The number of nitrogens with one attached hydrogen (secondary N) is 2. The summed E-state index contributed by atoms with van der Waals surface area (Å²) in [6.07, 6.45) is 3.60. The molecule has 2 N–H and O–H groups in total. The molecule has 1 aromatic heterocycles. The first kappa shape index (κ1) is 24.0. The van der Waals surface area contributed by atoms with E-state index in [1.165, 1.54) is 0 Å². The molecule has 0 radical (unpaired) electrons. The van der Waals surface area contributed by atoms with Gasteiger partial charge in [-0.2, -0.15) is 5.10 Å². The third-order valence-electron chi connectivity index (χ3n) is 6.08. The second-order valence-electron chi connectivity index (χ2n) is 8.93. The number of hydrogen-bond acceptors (Lipinski definition) is 3. The summed E-state index contributed by atoms with van der Waals surface area (Å²) in [6.45, 7) is 3.80. The Morgan fingerprint density at radius 2 is 1.40 bits per heavy atom. The Morgan fingerprint density at radius 3 is 2.00 bits per heavy atom. The van der Waals surface area contributed by atoms with Crippen LogP contribution in [0, 0.1) is 5.92 Å². The summed E-state index contributed by atoms with van der Waals surface area (Å²) in [6, 6.07) is 26.5. The van der Waals surface area contributed by atoms with Crippen molar-refractivity contribution in [1.29, 1.82) is 0 Å². The molecule has 2 amide bonds. The van der Waals surface area contributed by atoms with Gasteiger partial charge >= 0.3 is 0 Å². The summed E-state index contributed by atoms with van der Waals surface area (Å²) in [4.78, 5) is 26.5. The molecule has 35 heavy (non-hydrogen) atoms. The van der Waals surface area contributed by atoms with Crippen LogP contribution in [0.25, 0.3) is 10.9 Å². The third-order valence-corrected chi connectivity index (χ3v) is 6.08. The van der Waals surface area contributed by atoms with Gasteiger partial charge in [-0.05, 0) is 23.1 Å². The van der Waals surface area contributed by atoms with Gasteiger partial charge in [0.25, 0.3) is 5.91 Å². The molecule has 0 saturated heterocycles. The minimum atomic E-state index is -0.734. The second-order valence-corrected chi connectivity index (χ2v) is 8.93. The van der Waals surface area contributed by atoms with Crippen LogP contribution >= 0.6 is 0 Å². The standard InChI is InChI=1S/C29H30N4O2/c1-20(2)27(29(35)32-30-18-23-19-33(3)25-17-11-10-16-24(23)25)31-28(34)26(21-12-6-4-7-13-21)22-14-8-5-9-15-22/h4-20,26-27H,1-3H3,(H,31,34)(H,32,35)/b30-18-/t27-/m0/s1. The summed E-state index contributed by atoms with van der Waals surface area (Å²) in [7, 11) is 1.97. The maximum atomic E-state index is 13.5. The molecule has 1 atom stereocenters. The number of hydrogen-bond donors (Lipinski definition) is 2. The fourth-order valence-electron chi connectivity index (χ4n) is 4.27. The van der Waals surface area contributed by atoms with Crippen LogP contribution in [0.15, 0.2) is 96.2 Å². The minimum Gasteiger partial charge on any atom is -0.350 e. The Morgan fingerprint density at radius 1 is 0.829 bits per heavy atom. The molecule has 0 aliphatic heterocycles. The zero-order valence-electron chi connectivity index (χ0n) is 20.2. The molecule has 4 aromatic rings. The lowest BCUT2D eigenvalue weighted by atomic mass is 9.89. The molecular formula is C29H30N4O2. The number of aromatic nitrogens is 1. The first-order valence-corrected chi connectivity index (χ1v) is 11.7. The average Bonchev–Trinajstić information content (AvgIpc) is 3.19. The van der Waals surface area contributed by atoms with Crippen LogP contribution in [0.5, 0.6) is 0 Å². The second kappa shape index (κ2) is 10.8. The van der Waals surface area contributed by atoms with Crippen molar-refractivity contribution < 1.29 is 9.59 Å². The fraction of sp³-hybridized carbons (Fsp3) is 0.207. The van der Waals surface area contributed by atoms with E-state index in [0.29, 0.717) is 0 Å². The fourth-order valence-corrected chi connectivity index (χ4v) is 4.27. The number of amides is 2. The van der Waals surface area contributed by atoms with Gasteiger partial charge in [-0.3, -0.25) is 9.59 Å². The Bertz CT molecular complexity index is 1290. The molecule has 0 unspecified atom stereocenters. The zero-order chi connectivity index (χ0) is 24.8. The van der Waals surface area contributed by atoms with Crippen LogP contribution in [0.4, 0.5) is 0 Å². The van der Waals surface area contributed by atoms with Crippen molar-refractivity contribution in [3.05, 3.63) is 108 Å². The van der Waals surface area contributed by atoms with Gasteiger partial charge in [-0.1, -0.05) is 92.7 Å². The molecule has 0 spiro atoms. The molecule has 0 aliphatic carbocycles. The predicted molar refractivity (Wildman–Crippen MR) is 140 cm³/mol. The van der Waals surface area contributed by atoms with E-state index in [9.17, 15) is 9.59 Å². The summed E-state index contributed by atoms with van der Waals surface area (Å²) >= 11 is 0. The Kier molecular flexibility index (Phi) is 7.41. The Labute approximate surface area is 205 Å². The highest BCUT2D eigenvalue weighted by molar-refractivity contribution is 6.00. The van der Waals surface area contributed by atoms with E-state index in [1.807, 2.05) is 117 Å². The molecule has 0 aliphatic rings. The van der Waals surface area contributed by atoms with Crippen molar-refractivity contribution in [2.24, 2.45) is 18.1 Å². The number of hydrazone groups is 1. The topological polar surface area (TPSA) is 75.5 Å². The first-order chi connectivity index (χ1) is 17.0. The van der Waals surface area contributed by atoms with E-state index in [0.717, 1.165) is 27.6 Å². The average molecular weight is 467 g/mol. The van der Waals surface area contributed by atoms with E-state index in [2.05, 4.69) is 15.8 Å². The molecule has 0 saturated carbocycles. The van der Waals surface area contributed by atoms with Crippen LogP contribution in [0.1, 0.15) is 36.5 Å². The number of aryl methyl sites for hydroxylation is 1. The van der Waals surface area contributed by atoms with Crippen LogP contribution in [0.3, 0.4) is 0 Å². The van der Waals surface area contributed by atoms with Gasteiger partial charge in [0.2, 0.25) is 5.91 Å². The number of carbonyl (C=O) groups is 2. The van der Waals surface area contributed by atoms with E-state index in [-0.39, 0.29) is 17.7 Å². The van der Waals surface area contributed by atoms with Crippen LogP contribution in [-0.4, -0.2) is 28.6 Å². The number of rotatable bonds is 8. The molecule has 6 heteroatoms. The molecule has 1 heterocycles. The highest BCUT2D eigenvalue weighted by Gasteiger charge is 2.29. The summed E-state index contributed by atoms with van der Waals surface area (Å²) in [5, 5.41) is 8.21. The third kappa shape index (κ3) is 5.49. The van der Waals surface area contributed by atoms with Gasteiger partial charge in [-0.25, -0.2) is 5.43 Å². The van der Waals surface area contributed by atoms with E-state index in [4.69, 9.17) is 0 Å². The molecule has 4 rings (SSSR count). The molecule has 3 aromatic carbocycles. The van der Waals surface area contributed by atoms with Crippen molar-refractivity contribution in [3.8, 4) is 0 Å². The van der Waals surface area contributed by atoms with Crippen LogP contribution in [0.2, 0.25) is 0 Å². The van der Waals surface area contributed by atoms with Gasteiger partial charge in [-0.15, -0.1) is 0 Å². The summed E-state index contributed by atoms with van der Waals surface area (Å²) in [5.41, 5.74) is 6.34. The van der Waals surface area contributed by atoms with Gasteiger partial charge in [0.1, 0.15) is 6.04 Å². The van der Waals surface area contributed by atoms with Crippen molar-refractivity contribution in [1.82, 2.24) is 15.3 Å². The van der Waals surface area contributed by atoms with E-state index >= 15 is 0 Å². The van der Waals surface area contributed by atoms with Gasteiger partial charge in [0.15, 0.2) is 0 Å². The van der Waals surface area contributed by atoms with Crippen molar-refractivity contribution >= 4 is 28.9 Å². The molecule has 0 fully saturated rings. The lowest BCUT2D eigenvalue weighted by Crippen LogP contribution is -2.50. The van der Waals surface area contributed by atoms with Crippen molar-refractivity contribution in [2.45, 2.75) is 25.8 Å². The SMILES string of the molecule is CC(C)[C@H](NC(=O)C(c1ccccc1)c1ccccc1)C(=O)N/N=C\c1cn(C)c2ccccc12. The lowest BCUT2D eigenvalue weighted by molar-refractivity contribution is -0.130. The molecule has 6 nitrogen and oxygen atoms in total. The number of para-hydroxylation sites is 1. The minimum absolute atomic E-state index is 0.126. The van der Waals surface area contributed by atoms with E-state index < -0.39 is 12.0 Å². The Balaban J connectivity index is 1.51. The summed E-state index contributed by atoms with van der Waals surface area (Å²) < 4.78 is 2.02. The molecule has 178 valence electrons. The number of fused-ring (bicyclic) bond motifs is 1. The van der Waals surface area contributed by atoms with Crippen molar-refractivity contribution in [2.75, 3.05) is 0 Å². The Hall–Kier alpha value is -4.19. The maximum absolute atomic E-state index is 13.5. The largest absolute Gasteiger partial charge is 0.350 e. The number of carbonyl (C=O) groups excluding carboxylic acids is 2. The van der Waals surface area contributed by atoms with Gasteiger partial charge < -0.3 is 9.88 Å². The monoisotopic (exact) mass is 466 g/mol. The van der Waals surface area contributed by atoms with E-state index in [1.54, 1.807) is 6.21 Å². The zero-order valence-corrected chi connectivity index (χ0v) is 20.2. The van der Waals surface area contributed by atoms with Crippen LogP contribution in [-0.2, 0) is 16.6 Å². The van der Waals surface area contributed by atoms with Gasteiger partial charge in [0, 0.05) is 29.7 Å². The van der Waals surface area contributed by atoms with Crippen molar-refractivity contribution in [3.63, 3.8) is 0 Å². The molecular weight excluding hydrogens is 436 g/mol. The maximum Gasteiger partial charge on any atom is 0.262 e. The normalized spacial score (nSPS) is 12.4. The van der Waals surface area contributed by atoms with Gasteiger partial charge in [0.05, 0.1) is 12.1 Å². The van der Waals surface area contributed by atoms with Crippen LogP contribution < -0.4 is 10.7 Å². The lowest BCUT2D eigenvalue weighted by Gasteiger charge is -2.24. The first-order valence-electron chi connectivity index (χ1n) is 11.7. The highest BCUT2D eigenvalue weighted by Crippen LogP contribution is 2.25.